The van der Waals surface area contributed by atoms with Gasteiger partial charge in [-0.15, -0.1) is 11.3 Å². The maximum Gasteiger partial charge on any atom is 0.254 e. The van der Waals surface area contributed by atoms with Crippen molar-refractivity contribution in [3.05, 3.63) is 53.4 Å². The Hall–Kier alpha value is -2.20. The Morgan fingerprint density at radius 1 is 1.25 bits per heavy atom. The first-order valence-corrected chi connectivity index (χ1v) is 9.33. The van der Waals surface area contributed by atoms with E-state index in [0.29, 0.717) is 5.92 Å². The number of aromatic nitrogens is 1. The second-order valence-electron chi connectivity index (χ2n) is 6.55. The minimum atomic E-state index is 0.137. The number of carbonyl (C=O) groups excluding carboxylic acids is 1. The summed E-state index contributed by atoms with van der Waals surface area (Å²) < 4.78 is 0. The number of piperidine rings is 1. The molecule has 1 aromatic carbocycles. The van der Waals surface area contributed by atoms with Gasteiger partial charge in [0.1, 0.15) is 0 Å². The standard InChI is InChI=1S/C20H20N2OS/c1-14-6-4-10-22(13-14)20(23)16-12-18(19-9-5-11-24-19)21-17-8-3-2-7-15(16)17/h2-3,5,7-9,11-12,14H,4,6,10,13H2,1H3/t14-/m0/s1. The van der Waals surface area contributed by atoms with Gasteiger partial charge in [0.05, 0.1) is 21.7 Å². The zero-order valence-corrected chi connectivity index (χ0v) is 14.6. The minimum Gasteiger partial charge on any atom is -0.338 e. The lowest BCUT2D eigenvalue weighted by Crippen LogP contribution is -2.39. The fraction of sp³-hybridized carbons (Fsp3) is 0.300. The Morgan fingerprint density at radius 3 is 2.92 bits per heavy atom. The summed E-state index contributed by atoms with van der Waals surface area (Å²) in [6, 6.07) is 14.0. The van der Waals surface area contributed by atoms with Gasteiger partial charge in [-0.2, -0.15) is 0 Å². The van der Waals surface area contributed by atoms with E-state index in [1.54, 1.807) is 11.3 Å². The molecular weight excluding hydrogens is 316 g/mol. The molecule has 1 aliphatic rings. The van der Waals surface area contributed by atoms with Gasteiger partial charge in [-0.3, -0.25) is 4.79 Å². The lowest BCUT2D eigenvalue weighted by atomic mass is 9.98. The third-order valence-corrected chi connectivity index (χ3v) is 5.56. The molecule has 0 N–H and O–H groups in total. The van der Waals surface area contributed by atoms with Gasteiger partial charge in [-0.1, -0.05) is 31.2 Å². The number of benzene rings is 1. The third-order valence-electron chi connectivity index (χ3n) is 4.66. The topological polar surface area (TPSA) is 33.2 Å². The number of nitrogens with zero attached hydrogens (tertiary/aromatic N) is 2. The number of likely N-dealkylation sites (tertiary alicyclic amines) is 1. The average molecular weight is 336 g/mol. The highest BCUT2D eigenvalue weighted by Gasteiger charge is 2.24. The molecule has 2 aromatic heterocycles. The summed E-state index contributed by atoms with van der Waals surface area (Å²) in [5, 5.41) is 2.99. The van der Waals surface area contributed by atoms with Gasteiger partial charge in [0.15, 0.2) is 0 Å². The molecule has 3 nitrogen and oxygen atoms in total. The first-order valence-electron chi connectivity index (χ1n) is 8.45. The molecule has 4 heteroatoms. The van der Waals surface area contributed by atoms with Crippen molar-refractivity contribution in [2.24, 2.45) is 5.92 Å². The summed E-state index contributed by atoms with van der Waals surface area (Å²) in [4.78, 5) is 21.1. The van der Waals surface area contributed by atoms with Crippen molar-refractivity contribution in [3.63, 3.8) is 0 Å². The van der Waals surface area contributed by atoms with Crippen LogP contribution in [0, 0.1) is 5.92 Å². The molecule has 4 rings (SSSR count). The van der Waals surface area contributed by atoms with E-state index in [2.05, 4.69) is 13.0 Å². The van der Waals surface area contributed by atoms with Crippen LogP contribution in [0.3, 0.4) is 0 Å². The van der Waals surface area contributed by atoms with Crippen LogP contribution in [-0.2, 0) is 0 Å². The second-order valence-corrected chi connectivity index (χ2v) is 7.50. The van der Waals surface area contributed by atoms with E-state index in [0.717, 1.165) is 46.5 Å². The van der Waals surface area contributed by atoms with E-state index in [1.807, 2.05) is 46.7 Å². The molecule has 0 unspecified atom stereocenters. The molecule has 3 aromatic rings. The summed E-state index contributed by atoms with van der Waals surface area (Å²) in [5.41, 5.74) is 2.55. The monoisotopic (exact) mass is 336 g/mol. The summed E-state index contributed by atoms with van der Waals surface area (Å²) in [7, 11) is 0. The van der Waals surface area contributed by atoms with Gasteiger partial charge in [0, 0.05) is 18.5 Å². The number of hydrogen-bond acceptors (Lipinski definition) is 3. The highest BCUT2D eigenvalue weighted by atomic mass is 32.1. The van der Waals surface area contributed by atoms with Crippen molar-refractivity contribution in [1.82, 2.24) is 9.88 Å². The summed E-state index contributed by atoms with van der Waals surface area (Å²) >= 11 is 1.65. The number of rotatable bonds is 2. The van der Waals surface area contributed by atoms with E-state index < -0.39 is 0 Å². The van der Waals surface area contributed by atoms with Crippen LogP contribution in [0.5, 0.6) is 0 Å². The molecule has 0 aliphatic carbocycles. The highest BCUT2D eigenvalue weighted by Crippen LogP contribution is 2.29. The molecule has 3 heterocycles. The van der Waals surface area contributed by atoms with Gasteiger partial charge in [-0.25, -0.2) is 4.98 Å². The molecule has 1 amide bonds. The van der Waals surface area contributed by atoms with E-state index >= 15 is 0 Å². The molecule has 122 valence electrons. The Balaban J connectivity index is 1.82. The number of fused-ring (bicyclic) bond motifs is 1. The number of carbonyl (C=O) groups is 1. The lowest BCUT2D eigenvalue weighted by molar-refractivity contribution is 0.0685. The number of hydrogen-bond donors (Lipinski definition) is 0. The van der Waals surface area contributed by atoms with Crippen molar-refractivity contribution in [2.45, 2.75) is 19.8 Å². The largest absolute Gasteiger partial charge is 0.338 e. The molecular formula is C20H20N2OS. The molecule has 0 bridgehead atoms. The molecule has 1 aliphatic heterocycles. The van der Waals surface area contributed by atoms with Crippen LogP contribution in [0.2, 0.25) is 0 Å². The van der Waals surface area contributed by atoms with Gasteiger partial charge < -0.3 is 4.90 Å². The van der Waals surface area contributed by atoms with Crippen molar-refractivity contribution in [2.75, 3.05) is 13.1 Å². The van der Waals surface area contributed by atoms with E-state index in [4.69, 9.17) is 4.98 Å². The summed E-state index contributed by atoms with van der Waals surface area (Å²) in [6.07, 6.45) is 2.30. The second kappa shape index (κ2) is 6.36. The number of para-hydroxylation sites is 1. The lowest BCUT2D eigenvalue weighted by Gasteiger charge is -2.31. The zero-order chi connectivity index (χ0) is 16.5. The van der Waals surface area contributed by atoms with Gasteiger partial charge in [-0.05, 0) is 42.3 Å². The molecule has 0 saturated carbocycles. The quantitative estimate of drug-likeness (QED) is 0.671. The molecule has 1 fully saturated rings. The smallest absolute Gasteiger partial charge is 0.254 e. The molecule has 0 spiro atoms. The van der Waals surface area contributed by atoms with Crippen molar-refractivity contribution < 1.29 is 4.79 Å². The van der Waals surface area contributed by atoms with Crippen LogP contribution < -0.4 is 0 Å². The van der Waals surface area contributed by atoms with Gasteiger partial charge in [0.25, 0.3) is 5.91 Å². The average Bonchev–Trinajstić information content (AvgIpc) is 3.15. The van der Waals surface area contributed by atoms with Crippen molar-refractivity contribution in [1.29, 1.82) is 0 Å². The first-order chi connectivity index (χ1) is 11.7. The van der Waals surface area contributed by atoms with Crippen LogP contribution in [0.4, 0.5) is 0 Å². The highest BCUT2D eigenvalue weighted by molar-refractivity contribution is 7.13. The first kappa shape index (κ1) is 15.3. The SMILES string of the molecule is C[C@H]1CCCN(C(=O)c2cc(-c3cccs3)nc3ccccc23)C1. The predicted molar refractivity (Wildman–Crippen MR) is 99.4 cm³/mol. The van der Waals surface area contributed by atoms with E-state index in [-0.39, 0.29) is 5.91 Å². The Morgan fingerprint density at radius 2 is 2.12 bits per heavy atom. The van der Waals surface area contributed by atoms with E-state index in [9.17, 15) is 4.79 Å². The Labute approximate surface area is 146 Å². The number of amides is 1. The van der Waals surface area contributed by atoms with E-state index in [1.165, 1.54) is 6.42 Å². The Kier molecular flexibility index (Phi) is 4.07. The fourth-order valence-corrected chi connectivity index (χ4v) is 4.13. The maximum atomic E-state index is 13.2. The van der Waals surface area contributed by atoms with Gasteiger partial charge in [0.2, 0.25) is 0 Å². The Bertz CT molecular complexity index is 872. The zero-order valence-electron chi connectivity index (χ0n) is 13.7. The van der Waals surface area contributed by atoms with Crippen LogP contribution in [0.1, 0.15) is 30.1 Å². The van der Waals surface area contributed by atoms with Crippen LogP contribution in [0.15, 0.2) is 47.8 Å². The normalized spacial score (nSPS) is 18.0. The van der Waals surface area contributed by atoms with Crippen LogP contribution in [0.25, 0.3) is 21.5 Å². The summed E-state index contributed by atoms with van der Waals surface area (Å²) in [6.45, 7) is 3.93. The number of pyridine rings is 1. The summed E-state index contributed by atoms with van der Waals surface area (Å²) in [5.74, 6) is 0.713. The molecule has 1 saturated heterocycles. The van der Waals surface area contributed by atoms with Gasteiger partial charge >= 0.3 is 0 Å². The molecule has 24 heavy (non-hydrogen) atoms. The number of thiophene rings is 1. The molecule has 1 atom stereocenters. The van der Waals surface area contributed by atoms with Crippen LogP contribution >= 0.6 is 11.3 Å². The van der Waals surface area contributed by atoms with Crippen molar-refractivity contribution in [3.8, 4) is 10.6 Å². The molecule has 0 radical (unpaired) electrons. The minimum absolute atomic E-state index is 0.137. The fourth-order valence-electron chi connectivity index (χ4n) is 3.45. The predicted octanol–water partition coefficient (Wildman–Crippen LogP) is 4.84. The maximum absolute atomic E-state index is 13.2. The van der Waals surface area contributed by atoms with Crippen molar-refractivity contribution >= 4 is 28.1 Å². The third kappa shape index (κ3) is 2.82. The van der Waals surface area contributed by atoms with Crippen LogP contribution in [-0.4, -0.2) is 28.9 Å².